The average molecular weight is 205 g/mol. The molecule has 0 aliphatic carbocycles. The minimum atomic E-state index is -3.92. The van der Waals surface area contributed by atoms with Crippen molar-refractivity contribution in [3.8, 4) is 0 Å². The first-order valence-corrected chi connectivity index (χ1v) is 5.17. The fourth-order valence-corrected chi connectivity index (χ4v) is 0.505. The van der Waals surface area contributed by atoms with Gasteiger partial charge in [-0.05, 0) is 0 Å². The highest BCUT2D eigenvalue weighted by atomic mass is 32.2. The zero-order valence-electron chi connectivity index (χ0n) is 7.38. The number of pyridine rings is 1. The number of hydrogen-bond donors (Lipinski definition) is 0. The summed E-state index contributed by atoms with van der Waals surface area (Å²) in [5, 5.41) is 0. The summed E-state index contributed by atoms with van der Waals surface area (Å²) in [7, 11) is -2.29. The molecule has 0 saturated heterocycles. The highest BCUT2D eigenvalue weighted by Gasteiger charge is 1.88. The maximum absolute atomic E-state index is 9.08. The lowest BCUT2D eigenvalue weighted by atomic mass is 10.5. The van der Waals surface area contributed by atoms with Gasteiger partial charge in [-0.2, -0.15) is 0 Å². The molecule has 0 aromatic carbocycles. The Balaban J connectivity index is 0.000000252. The lowest BCUT2D eigenvalue weighted by molar-refractivity contribution is -0.885. The van der Waals surface area contributed by atoms with Crippen molar-refractivity contribution in [3.63, 3.8) is 0 Å². The molecule has 0 N–H and O–H groups in total. The minimum absolute atomic E-state index is 0.604. The van der Waals surface area contributed by atoms with Crippen LogP contribution < -0.4 is 9.57 Å². The van der Waals surface area contributed by atoms with Gasteiger partial charge in [-0.1, -0.05) is 6.07 Å². The van der Waals surface area contributed by atoms with E-state index in [0.29, 0.717) is 6.26 Å². The van der Waals surface area contributed by atoms with Gasteiger partial charge < -0.3 is 4.55 Å². The number of aromatic nitrogens is 1. The molecule has 74 valence electrons. The molecular formula is C7H11NO4S. The first-order valence-electron chi connectivity index (χ1n) is 3.35. The quantitative estimate of drug-likeness (QED) is 0.444. The molecule has 0 bridgehead atoms. The van der Waals surface area contributed by atoms with E-state index in [1.54, 1.807) is 11.8 Å². The van der Waals surface area contributed by atoms with E-state index in [2.05, 4.69) is 0 Å². The van der Waals surface area contributed by atoms with Crippen molar-refractivity contribution in [1.82, 2.24) is 0 Å². The topological polar surface area (TPSA) is 70.3 Å². The summed E-state index contributed by atoms with van der Waals surface area (Å²) in [6.45, 7) is 0. The van der Waals surface area contributed by atoms with E-state index >= 15 is 0 Å². The van der Waals surface area contributed by atoms with Crippen LogP contribution in [0.25, 0.3) is 0 Å². The zero-order valence-corrected chi connectivity index (χ0v) is 8.19. The summed E-state index contributed by atoms with van der Waals surface area (Å²) in [5.41, 5.74) is 0. The number of nitrogens with zero attached hydrogens (tertiary/aromatic N) is 1. The molecule has 0 fully saturated rings. The molecule has 0 aliphatic rings. The molecule has 1 aromatic rings. The smallest absolute Gasteiger partial charge is 0.222 e. The van der Waals surface area contributed by atoms with Crippen LogP contribution >= 0.6 is 0 Å². The Morgan fingerprint density at radius 3 is 1.85 bits per heavy atom. The van der Waals surface area contributed by atoms with E-state index in [-0.39, 0.29) is 0 Å². The molecule has 1 rings (SSSR count). The second kappa shape index (κ2) is 5.50. The molecule has 1 aromatic heterocycles. The summed E-state index contributed by atoms with van der Waals surface area (Å²) in [4.78, 5) is 4.83. The van der Waals surface area contributed by atoms with Crippen LogP contribution in [0.1, 0.15) is 0 Å². The van der Waals surface area contributed by atoms with Crippen LogP contribution in [0, 0.1) is 0 Å². The lowest BCUT2D eigenvalue weighted by Gasteiger charge is -1.90. The van der Waals surface area contributed by atoms with Crippen LogP contribution in [0.2, 0.25) is 0 Å². The predicted octanol–water partition coefficient (Wildman–Crippen LogP) is -0.806. The Morgan fingerprint density at radius 1 is 1.23 bits per heavy atom. The second-order valence-corrected chi connectivity index (χ2v) is 3.53. The summed E-state index contributed by atoms with van der Waals surface area (Å²) in [5.74, 6) is 0. The van der Waals surface area contributed by atoms with Gasteiger partial charge >= 0.3 is 0 Å². The van der Waals surface area contributed by atoms with Crippen LogP contribution in [0.5, 0.6) is 0 Å². The fourth-order valence-electron chi connectivity index (χ4n) is 0.505. The Morgan fingerprint density at radius 2 is 1.62 bits per heavy atom. The molecule has 5 nitrogen and oxygen atoms in total. The average Bonchev–Trinajstić information content (AvgIpc) is 2.03. The molecule has 0 aliphatic heterocycles. The Bertz CT molecular complexity index is 314. The third-order valence-corrected chi connectivity index (χ3v) is 0.899. The molecule has 13 heavy (non-hydrogen) atoms. The Kier molecular flexibility index (Phi) is 5.01. The van der Waals surface area contributed by atoms with Gasteiger partial charge in [0.25, 0.3) is 0 Å². The maximum Gasteiger partial charge on any atom is 0.222 e. The Labute approximate surface area is 77.3 Å². The molecule has 0 saturated carbocycles. The SMILES string of the molecule is CO[n+]1ccccc1.CS(=O)(=O)[O-]. The first kappa shape index (κ1) is 11.9. The molecule has 0 radical (unpaired) electrons. The van der Waals surface area contributed by atoms with Crippen LogP contribution in [0.4, 0.5) is 0 Å². The van der Waals surface area contributed by atoms with E-state index in [0.717, 1.165) is 0 Å². The van der Waals surface area contributed by atoms with Crippen molar-refractivity contribution in [2.45, 2.75) is 0 Å². The molecule has 6 heteroatoms. The Hall–Kier alpha value is -1.14. The van der Waals surface area contributed by atoms with Crippen molar-refractivity contribution < 1.29 is 22.5 Å². The summed E-state index contributed by atoms with van der Waals surface area (Å²) >= 11 is 0. The standard InChI is InChI=1S/C6H8NO.CH4O3S/c1-8-7-5-3-2-4-6-7;1-5(2,3)4/h2-6H,1H3;1H3,(H,2,3,4)/q+1;/p-1. The molecule has 0 amide bonds. The van der Waals surface area contributed by atoms with Gasteiger partial charge in [0.2, 0.25) is 12.4 Å². The van der Waals surface area contributed by atoms with Gasteiger partial charge in [-0.15, -0.1) is 0 Å². The monoisotopic (exact) mass is 205 g/mol. The van der Waals surface area contributed by atoms with Crippen molar-refractivity contribution >= 4 is 10.1 Å². The fraction of sp³-hybridized carbons (Fsp3) is 0.286. The summed E-state index contributed by atoms with van der Waals surface area (Å²) in [6.07, 6.45) is 4.27. The van der Waals surface area contributed by atoms with Crippen molar-refractivity contribution in [3.05, 3.63) is 30.6 Å². The lowest BCUT2D eigenvalue weighted by Crippen LogP contribution is -2.38. The van der Waals surface area contributed by atoms with E-state index in [1.807, 2.05) is 30.6 Å². The first-order chi connectivity index (χ1) is 5.93. The molecule has 0 spiro atoms. The molecular weight excluding hydrogens is 194 g/mol. The van der Waals surface area contributed by atoms with Crippen molar-refractivity contribution in [2.24, 2.45) is 0 Å². The molecule has 0 unspecified atom stereocenters. The second-order valence-electron chi connectivity index (χ2n) is 2.12. The predicted molar refractivity (Wildman–Crippen MR) is 44.8 cm³/mol. The summed E-state index contributed by atoms with van der Waals surface area (Å²) in [6, 6.07) is 5.75. The zero-order chi connectivity index (χ0) is 10.3. The normalized spacial score (nSPS) is 9.77. The van der Waals surface area contributed by atoms with Gasteiger partial charge in [0.1, 0.15) is 7.11 Å². The van der Waals surface area contributed by atoms with Crippen molar-refractivity contribution in [2.75, 3.05) is 13.4 Å². The van der Waals surface area contributed by atoms with E-state index < -0.39 is 10.1 Å². The van der Waals surface area contributed by atoms with Gasteiger partial charge in [0.05, 0.1) is 10.1 Å². The molecule has 1 heterocycles. The maximum atomic E-state index is 9.08. The van der Waals surface area contributed by atoms with E-state index in [9.17, 15) is 0 Å². The minimum Gasteiger partial charge on any atom is -0.748 e. The van der Waals surface area contributed by atoms with Crippen LogP contribution in [-0.4, -0.2) is 26.3 Å². The third-order valence-electron chi connectivity index (χ3n) is 0.899. The largest absolute Gasteiger partial charge is 0.748 e. The van der Waals surface area contributed by atoms with Gasteiger partial charge in [-0.25, -0.2) is 8.42 Å². The third kappa shape index (κ3) is 10.9. The molecule has 0 atom stereocenters. The van der Waals surface area contributed by atoms with Crippen molar-refractivity contribution in [1.29, 1.82) is 0 Å². The highest BCUT2D eigenvalue weighted by Crippen LogP contribution is 1.72. The van der Waals surface area contributed by atoms with Gasteiger partial charge in [0.15, 0.2) is 0 Å². The van der Waals surface area contributed by atoms with Crippen LogP contribution in [-0.2, 0) is 10.1 Å². The number of hydrogen-bond acceptors (Lipinski definition) is 4. The van der Waals surface area contributed by atoms with Crippen LogP contribution in [0.15, 0.2) is 30.6 Å². The number of rotatable bonds is 1. The van der Waals surface area contributed by atoms with Gasteiger partial charge in [-0.3, -0.25) is 4.84 Å². The van der Waals surface area contributed by atoms with Crippen LogP contribution in [0.3, 0.4) is 0 Å². The van der Waals surface area contributed by atoms with Gasteiger partial charge in [0, 0.05) is 23.1 Å². The van der Waals surface area contributed by atoms with E-state index in [1.165, 1.54) is 0 Å². The van der Waals surface area contributed by atoms with E-state index in [4.69, 9.17) is 17.8 Å². The highest BCUT2D eigenvalue weighted by molar-refractivity contribution is 7.84. The summed E-state index contributed by atoms with van der Waals surface area (Å²) < 4.78 is 28.9.